The van der Waals surface area contributed by atoms with Crippen molar-refractivity contribution in [2.24, 2.45) is 0 Å². The van der Waals surface area contributed by atoms with Crippen LogP contribution in [0.15, 0.2) is 34.9 Å². The van der Waals surface area contributed by atoms with Crippen molar-refractivity contribution in [2.45, 2.75) is 25.9 Å². The number of hydrogen-bond acceptors (Lipinski definition) is 5. The fourth-order valence-corrected chi connectivity index (χ4v) is 3.59. The van der Waals surface area contributed by atoms with Crippen LogP contribution in [0.25, 0.3) is 0 Å². The number of furan rings is 1. The molecule has 0 unspecified atom stereocenters. The first-order valence-electron chi connectivity index (χ1n) is 10.1. The number of aryl methyl sites for hydroxylation is 1. The molecule has 0 aliphatic carbocycles. The highest BCUT2D eigenvalue weighted by Crippen LogP contribution is 2.29. The molecule has 1 fully saturated rings. The molecule has 0 bridgehead atoms. The molecule has 162 valence electrons. The summed E-state index contributed by atoms with van der Waals surface area (Å²) in [5.74, 6) is 1.02. The molecule has 0 radical (unpaired) electrons. The molecule has 1 aliphatic heterocycles. The molecule has 0 atom stereocenters. The molecular formula is C22H28ClN3O4. The average Bonchev–Trinajstić information content (AvgIpc) is 3.15. The van der Waals surface area contributed by atoms with E-state index in [1.807, 2.05) is 23.9 Å². The van der Waals surface area contributed by atoms with Crippen molar-refractivity contribution in [2.75, 3.05) is 40.3 Å². The maximum atomic E-state index is 12.6. The Kier molecular flexibility index (Phi) is 7.39. The molecule has 1 aromatic carbocycles. The van der Waals surface area contributed by atoms with Crippen LogP contribution in [0.4, 0.5) is 0 Å². The number of rotatable bonds is 7. The summed E-state index contributed by atoms with van der Waals surface area (Å²) in [5, 5.41) is 3.27. The zero-order chi connectivity index (χ0) is 21.7. The zero-order valence-electron chi connectivity index (χ0n) is 17.6. The molecule has 2 amide bonds. The highest BCUT2D eigenvalue weighted by atomic mass is 35.5. The van der Waals surface area contributed by atoms with E-state index in [9.17, 15) is 9.59 Å². The van der Waals surface area contributed by atoms with Gasteiger partial charge >= 0.3 is 0 Å². The lowest BCUT2D eigenvalue weighted by Crippen LogP contribution is -2.41. The van der Waals surface area contributed by atoms with Crippen LogP contribution in [0.2, 0.25) is 5.02 Å². The standard InChI is InChI=1S/C22H28ClN3O4/c1-15-18(8-13-29-15)22(28)26-10-6-17(7-11-26)30-20-5-4-16(14-19(20)23)21(27)24-9-12-25(2)3/h4-5,8,13-14,17H,6-7,9-12H2,1-3H3,(H,24,27). The first-order valence-corrected chi connectivity index (χ1v) is 10.5. The summed E-state index contributed by atoms with van der Waals surface area (Å²) in [4.78, 5) is 28.6. The third-order valence-corrected chi connectivity index (χ3v) is 5.45. The van der Waals surface area contributed by atoms with E-state index < -0.39 is 0 Å². The first-order chi connectivity index (χ1) is 14.3. The van der Waals surface area contributed by atoms with Gasteiger partial charge in [0, 0.05) is 44.6 Å². The highest BCUT2D eigenvalue weighted by Gasteiger charge is 2.26. The number of amides is 2. The summed E-state index contributed by atoms with van der Waals surface area (Å²) in [6.07, 6.45) is 2.93. The Hall–Kier alpha value is -2.51. The van der Waals surface area contributed by atoms with E-state index in [0.717, 1.165) is 6.54 Å². The van der Waals surface area contributed by atoms with Gasteiger partial charge in [0.2, 0.25) is 0 Å². The SMILES string of the molecule is Cc1occc1C(=O)N1CCC(Oc2ccc(C(=O)NCCN(C)C)cc2Cl)CC1. The summed E-state index contributed by atoms with van der Waals surface area (Å²) in [6.45, 7) is 4.34. The number of hydrogen-bond donors (Lipinski definition) is 1. The molecule has 30 heavy (non-hydrogen) atoms. The minimum atomic E-state index is -0.160. The average molecular weight is 434 g/mol. The Bertz CT molecular complexity index is 888. The summed E-state index contributed by atoms with van der Waals surface area (Å²) in [5.41, 5.74) is 1.11. The highest BCUT2D eigenvalue weighted by molar-refractivity contribution is 6.32. The Morgan fingerprint density at radius 3 is 2.60 bits per heavy atom. The summed E-state index contributed by atoms with van der Waals surface area (Å²) >= 11 is 6.35. The second-order valence-electron chi connectivity index (χ2n) is 7.70. The predicted molar refractivity (Wildman–Crippen MR) is 115 cm³/mol. The van der Waals surface area contributed by atoms with E-state index >= 15 is 0 Å². The van der Waals surface area contributed by atoms with Gasteiger partial charge < -0.3 is 24.3 Å². The number of benzene rings is 1. The van der Waals surface area contributed by atoms with E-state index in [1.165, 1.54) is 6.26 Å². The first kappa shape index (κ1) is 22.2. The van der Waals surface area contributed by atoms with Gasteiger partial charge in [0.1, 0.15) is 17.6 Å². The Morgan fingerprint density at radius 2 is 2.00 bits per heavy atom. The van der Waals surface area contributed by atoms with E-state index in [4.69, 9.17) is 20.8 Å². The normalized spacial score (nSPS) is 14.8. The lowest BCUT2D eigenvalue weighted by atomic mass is 10.1. The quantitative estimate of drug-likeness (QED) is 0.725. The van der Waals surface area contributed by atoms with Gasteiger partial charge in [-0.25, -0.2) is 0 Å². The van der Waals surface area contributed by atoms with E-state index in [-0.39, 0.29) is 17.9 Å². The van der Waals surface area contributed by atoms with Crippen molar-refractivity contribution in [3.8, 4) is 5.75 Å². The molecule has 8 heteroatoms. The van der Waals surface area contributed by atoms with E-state index in [1.54, 1.807) is 31.2 Å². The number of nitrogens with one attached hydrogen (secondary N) is 1. The number of carbonyl (C=O) groups is 2. The predicted octanol–water partition coefficient (Wildman–Crippen LogP) is 3.22. The fraction of sp³-hybridized carbons (Fsp3) is 0.455. The van der Waals surface area contributed by atoms with E-state index in [2.05, 4.69) is 5.32 Å². The van der Waals surface area contributed by atoms with Crippen LogP contribution in [0.5, 0.6) is 5.75 Å². The molecular weight excluding hydrogens is 406 g/mol. The van der Waals surface area contributed by atoms with Crippen molar-refractivity contribution in [3.63, 3.8) is 0 Å². The van der Waals surface area contributed by atoms with Crippen LogP contribution in [0, 0.1) is 6.92 Å². The zero-order valence-corrected chi connectivity index (χ0v) is 18.4. The lowest BCUT2D eigenvalue weighted by Gasteiger charge is -2.32. The molecule has 2 aromatic rings. The fourth-order valence-electron chi connectivity index (χ4n) is 3.37. The number of carbonyl (C=O) groups excluding carboxylic acids is 2. The number of halogens is 1. The van der Waals surface area contributed by atoms with Gasteiger partial charge in [-0.05, 0) is 45.3 Å². The van der Waals surface area contributed by atoms with Crippen LogP contribution in [-0.4, -0.2) is 68.0 Å². The van der Waals surface area contributed by atoms with Crippen LogP contribution < -0.4 is 10.1 Å². The van der Waals surface area contributed by atoms with Gasteiger partial charge in [-0.1, -0.05) is 11.6 Å². The summed E-state index contributed by atoms with van der Waals surface area (Å²) in [7, 11) is 3.90. The van der Waals surface area contributed by atoms with Crippen molar-refractivity contribution < 1.29 is 18.7 Å². The molecule has 1 N–H and O–H groups in total. The maximum Gasteiger partial charge on any atom is 0.257 e. The van der Waals surface area contributed by atoms with Gasteiger partial charge in [-0.2, -0.15) is 0 Å². The number of likely N-dealkylation sites (tertiary alicyclic amines) is 1. The van der Waals surface area contributed by atoms with Crippen molar-refractivity contribution in [1.29, 1.82) is 0 Å². The van der Waals surface area contributed by atoms with Gasteiger partial charge in [0.05, 0.1) is 16.8 Å². The molecule has 1 aliphatic rings. The minimum Gasteiger partial charge on any atom is -0.489 e. The molecule has 2 heterocycles. The van der Waals surface area contributed by atoms with Crippen LogP contribution in [-0.2, 0) is 0 Å². The second-order valence-corrected chi connectivity index (χ2v) is 8.11. The minimum absolute atomic E-state index is 0.0117. The third-order valence-electron chi connectivity index (χ3n) is 5.15. The summed E-state index contributed by atoms with van der Waals surface area (Å²) in [6, 6.07) is 6.78. The topological polar surface area (TPSA) is 75.0 Å². The molecule has 7 nitrogen and oxygen atoms in total. The number of likely N-dealkylation sites (N-methyl/N-ethyl adjacent to an activating group) is 1. The maximum absolute atomic E-state index is 12.6. The molecule has 0 saturated carbocycles. The Balaban J connectivity index is 1.52. The summed E-state index contributed by atoms with van der Waals surface area (Å²) < 4.78 is 11.3. The van der Waals surface area contributed by atoms with Gasteiger partial charge in [-0.3, -0.25) is 9.59 Å². The van der Waals surface area contributed by atoms with Gasteiger partial charge in [0.25, 0.3) is 11.8 Å². The van der Waals surface area contributed by atoms with Crippen LogP contribution >= 0.6 is 11.6 Å². The van der Waals surface area contributed by atoms with Crippen LogP contribution in [0.1, 0.15) is 39.3 Å². The number of ether oxygens (including phenoxy) is 1. The van der Waals surface area contributed by atoms with Crippen molar-refractivity contribution in [1.82, 2.24) is 15.1 Å². The second kappa shape index (κ2) is 10.00. The smallest absolute Gasteiger partial charge is 0.257 e. The van der Waals surface area contributed by atoms with Crippen molar-refractivity contribution in [3.05, 3.63) is 52.4 Å². The monoisotopic (exact) mass is 433 g/mol. The van der Waals surface area contributed by atoms with Gasteiger partial charge in [-0.15, -0.1) is 0 Å². The van der Waals surface area contributed by atoms with Crippen LogP contribution in [0.3, 0.4) is 0 Å². The molecule has 1 aromatic heterocycles. The van der Waals surface area contributed by atoms with E-state index in [0.29, 0.717) is 60.1 Å². The number of nitrogens with zero attached hydrogens (tertiary/aromatic N) is 2. The number of piperidine rings is 1. The Morgan fingerprint density at radius 1 is 1.27 bits per heavy atom. The molecule has 0 spiro atoms. The third kappa shape index (κ3) is 5.55. The largest absolute Gasteiger partial charge is 0.489 e. The molecule has 1 saturated heterocycles. The molecule has 3 rings (SSSR count). The Labute approximate surface area is 181 Å². The van der Waals surface area contributed by atoms with Crippen molar-refractivity contribution >= 4 is 23.4 Å². The van der Waals surface area contributed by atoms with Gasteiger partial charge in [0.15, 0.2) is 0 Å². The lowest BCUT2D eigenvalue weighted by molar-refractivity contribution is 0.0594.